The van der Waals surface area contributed by atoms with E-state index in [1.807, 2.05) is 0 Å². The topological polar surface area (TPSA) is 41.1 Å². The van der Waals surface area contributed by atoms with Gasteiger partial charge >= 0.3 is 0 Å². The second kappa shape index (κ2) is 8.52. The van der Waals surface area contributed by atoms with Crippen LogP contribution < -0.4 is 10.6 Å². The van der Waals surface area contributed by atoms with Crippen LogP contribution in [0.1, 0.15) is 52.9 Å². The van der Waals surface area contributed by atoms with Gasteiger partial charge in [0, 0.05) is 6.54 Å². The maximum atomic E-state index is 11.5. The maximum absolute atomic E-state index is 11.5. The summed E-state index contributed by atoms with van der Waals surface area (Å²) in [7, 11) is 0. The molecule has 0 bridgehead atoms. The lowest BCUT2D eigenvalue weighted by Crippen LogP contribution is -2.38. The Labute approximate surface area is 112 Å². The minimum Gasteiger partial charge on any atom is -0.355 e. The zero-order valence-electron chi connectivity index (χ0n) is 12.3. The van der Waals surface area contributed by atoms with E-state index in [2.05, 4.69) is 31.4 Å². The van der Waals surface area contributed by atoms with Gasteiger partial charge in [-0.05, 0) is 37.1 Å². The Morgan fingerprint density at radius 1 is 1.17 bits per heavy atom. The minimum atomic E-state index is 0.131. The van der Waals surface area contributed by atoms with Gasteiger partial charge in [-0.2, -0.15) is 0 Å². The summed E-state index contributed by atoms with van der Waals surface area (Å²) in [5.41, 5.74) is 0. The van der Waals surface area contributed by atoms with Crippen LogP contribution in [0.15, 0.2) is 0 Å². The highest BCUT2D eigenvalue weighted by atomic mass is 16.1. The number of hydrogen-bond donors (Lipinski definition) is 2. The fourth-order valence-electron chi connectivity index (χ4n) is 2.61. The molecular weight excluding hydrogens is 224 g/mol. The van der Waals surface area contributed by atoms with Crippen LogP contribution in [-0.4, -0.2) is 25.5 Å². The number of amides is 1. The van der Waals surface area contributed by atoms with E-state index in [0.717, 1.165) is 24.9 Å². The average molecular weight is 254 g/mol. The van der Waals surface area contributed by atoms with Gasteiger partial charge < -0.3 is 10.6 Å². The molecule has 0 unspecified atom stereocenters. The van der Waals surface area contributed by atoms with Crippen LogP contribution in [0.4, 0.5) is 0 Å². The Hall–Kier alpha value is -0.570. The van der Waals surface area contributed by atoms with Crippen LogP contribution in [0.3, 0.4) is 0 Å². The van der Waals surface area contributed by atoms with Gasteiger partial charge in [0.1, 0.15) is 0 Å². The first-order valence-corrected chi connectivity index (χ1v) is 7.59. The molecule has 1 amide bonds. The van der Waals surface area contributed by atoms with E-state index in [9.17, 15) is 4.79 Å². The Morgan fingerprint density at radius 2 is 1.78 bits per heavy atom. The van der Waals surface area contributed by atoms with Crippen molar-refractivity contribution < 1.29 is 4.79 Å². The lowest BCUT2D eigenvalue weighted by molar-refractivity contribution is -0.120. The molecule has 0 radical (unpaired) electrons. The molecule has 1 aliphatic carbocycles. The molecule has 0 atom stereocenters. The van der Waals surface area contributed by atoms with Crippen molar-refractivity contribution in [2.45, 2.75) is 52.9 Å². The standard InChI is InChI=1S/C15H30N2O/c1-4-13-5-7-14(8-6-13)10-16-11-15(18)17-9-12(2)3/h12-14,16H,4-11H2,1-3H3,(H,17,18). The number of rotatable bonds is 7. The zero-order valence-corrected chi connectivity index (χ0v) is 12.3. The number of hydrogen-bond acceptors (Lipinski definition) is 2. The van der Waals surface area contributed by atoms with E-state index in [1.54, 1.807) is 0 Å². The van der Waals surface area contributed by atoms with Gasteiger partial charge in [-0.3, -0.25) is 4.79 Å². The summed E-state index contributed by atoms with van der Waals surface area (Å²) in [5, 5.41) is 6.23. The third kappa shape index (κ3) is 6.39. The van der Waals surface area contributed by atoms with Crippen LogP contribution in [0, 0.1) is 17.8 Å². The van der Waals surface area contributed by atoms with Gasteiger partial charge in [-0.1, -0.05) is 40.0 Å². The summed E-state index contributed by atoms with van der Waals surface area (Å²) in [4.78, 5) is 11.5. The molecule has 0 aromatic carbocycles. The third-order valence-corrected chi connectivity index (χ3v) is 3.97. The van der Waals surface area contributed by atoms with Gasteiger partial charge in [0.05, 0.1) is 6.54 Å². The number of carbonyl (C=O) groups is 1. The van der Waals surface area contributed by atoms with Crippen molar-refractivity contribution in [3.05, 3.63) is 0 Å². The van der Waals surface area contributed by atoms with Gasteiger partial charge in [-0.15, -0.1) is 0 Å². The van der Waals surface area contributed by atoms with E-state index >= 15 is 0 Å². The quantitative estimate of drug-likeness (QED) is 0.733. The Kier molecular flexibility index (Phi) is 7.33. The van der Waals surface area contributed by atoms with Crippen molar-refractivity contribution >= 4 is 5.91 Å². The molecule has 1 fully saturated rings. The Bertz CT molecular complexity index is 233. The van der Waals surface area contributed by atoms with Crippen LogP contribution in [0.5, 0.6) is 0 Å². The van der Waals surface area contributed by atoms with Gasteiger partial charge in [0.15, 0.2) is 0 Å². The molecular formula is C15H30N2O. The summed E-state index contributed by atoms with van der Waals surface area (Å²) >= 11 is 0. The molecule has 3 nitrogen and oxygen atoms in total. The molecule has 0 spiro atoms. The SMILES string of the molecule is CCC1CCC(CNCC(=O)NCC(C)C)CC1. The first-order chi connectivity index (χ1) is 8.61. The fraction of sp³-hybridized carbons (Fsp3) is 0.933. The molecule has 1 saturated carbocycles. The third-order valence-electron chi connectivity index (χ3n) is 3.97. The summed E-state index contributed by atoms with van der Waals surface area (Å²) in [6, 6.07) is 0. The second-order valence-electron chi connectivity index (χ2n) is 6.12. The van der Waals surface area contributed by atoms with E-state index in [4.69, 9.17) is 0 Å². The van der Waals surface area contributed by atoms with Crippen LogP contribution >= 0.6 is 0 Å². The van der Waals surface area contributed by atoms with E-state index in [1.165, 1.54) is 32.1 Å². The lowest BCUT2D eigenvalue weighted by atomic mass is 9.81. The summed E-state index contributed by atoms with van der Waals surface area (Å²) in [6.07, 6.45) is 6.75. The van der Waals surface area contributed by atoms with Gasteiger partial charge in [0.25, 0.3) is 0 Å². The lowest BCUT2D eigenvalue weighted by Gasteiger charge is -2.27. The molecule has 3 heteroatoms. The predicted octanol–water partition coefficient (Wildman–Crippen LogP) is 2.56. The zero-order chi connectivity index (χ0) is 13.4. The Morgan fingerprint density at radius 3 is 2.33 bits per heavy atom. The summed E-state index contributed by atoms with van der Waals surface area (Å²) in [5.74, 6) is 2.39. The molecule has 1 rings (SSSR count). The molecule has 18 heavy (non-hydrogen) atoms. The predicted molar refractivity (Wildman–Crippen MR) is 76.5 cm³/mol. The van der Waals surface area contributed by atoms with Crippen molar-refractivity contribution in [1.29, 1.82) is 0 Å². The van der Waals surface area contributed by atoms with E-state index < -0.39 is 0 Å². The number of carbonyl (C=O) groups excluding carboxylic acids is 1. The molecule has 2 N–H and O–H groups in total. The van der Waals surface area contributed by atoms with Crippen LogP contribution in [0.2, 0.25) is 0 Å². The van der Waals surface area contributed by atoms with Crippen LogP contribution in [0.25, 0.3) is 0 Å². The van der Waals surface area contributed by atoms with E-state index in [-0.39, 0.29) is 5.91 Å². The van der Waals surface area contributed by atoms with Gasteiger partial charge in [-0.25, -0.2) is 0 Å². The molecule has 1 aliphatic rings. The van der Waals surface area contributed by atoms with E-state index in [0.29, 0.717) is 12.5 Å². The average Bonchev–Trinajstić information content (AvgIpc) is 2.37. The first-order valence-electron chi connectivity index (χ1n) is 7.59. The fourth-order valence-corrected chi connectivity index (χ4v) is 2.61. The first kappa shape index (κ1) is 15.5. The smallest absolute Gasteiger partial charge is 0.233 e. The monoisotopic (exact) mass is 254 g/mol. The van der Waals surface area contributed by atoms with Crippen molar-refractivity contribution in [3.8, 4) is 0 Å². The maximum Gasteiger partial charge on any atom is 0.233 e. The summed E-state index contributed by atoms with van der Waals surface area (Å²) in [6.45, 7) is 8.77. The van der Waals surface area contributed by atoms with Crippen molar-refractivity contribution in [2.24, 2.45) is 17.8 Å². The Balaban J connectivity index is 2.02. The normalized spacial score (nSPS) is 24.2. The molecule has 0 saturated heterocycles. The minimum absolute atomic E-state index is 0.131. The van der Waals surface area contributed by atoms with Gasteiger partial charge in [0.2, 0.25) is 5.91 Å². The molecule has 0 heterocycles. The number of nitrogens with one attached hydrogen (secondary N) is 2. The van der Waals surface area contributed by atoms with Crippen molar-refractivity contribution in [1.82, 2.24) is 10.6 Å². The molecule has 0 aromatic rings. The second-order valence-corrected chi connectivity index (χ2v) is 6.12. The molecule has 0 aromatic heterocycles. The molecule has 0 aliphatic heterocycles. The highest BCUT2D eigenvalue weighted by molar-refractivity contribution is 5.77. The largest absolute Gasteiger partial charge is 0.355 e. The highest BCUT2D eigenvalue weighted by Crippen LogP contribution is 2.29. The summed E-state index contributed by atoms with van der Waals surface area (Å²) < 4.78 is 0. The van der Waals surface area contributed by atoms with Crippen molar-refractivity contribution in [2.75, 3.05) is 19.6 Å². The molecule has 106 valence electrons. The van der Waals surface area contributed by atoms with Crippen LogP contribution in [-0.2, 0) is 4.79 Å². The van der Waals surface area contributed by atoms with Crippen molar-refractivity contribution in [3.63, 3.8) is 0 Å². The highest BCUT2D eigenvalue weighted by Gasteiger charge is 2.19.